The van der Waals surface area contributed by atoms with Crippen LogP contribution in [0.3, 0.4) is 0 Å². The highest BCUT2D eigenvalue weighted by Crippen LogP contribution is 2.33. The summed E-state index contributed by atoms with van der Waals surface area (Å²) in [6, 6.07) is 0.206. The lowest BCUT2D eigenvalue weighted by Crippen LogP contribution is -2.52. The smallest absolute Gasteiger partial charge is 0.407 e. The van der Waals surface area contributed by atoms with Crippen LogP contribution in [0.1, 0.15) is 53.4 Å². The van der Waals surface area contributed by atoms with E-state index in [2.05, 4.69) is 30.3 Å². The van der Waals surface area contributed by atoms with E-state index >= 15 is 0 Å². The number of hydrogen-bond acceptors (Lipinski definition) is 3. The first kappa shape index (κ1) is 18.8. The molecule has 1 aliphatic rings. The number of amides is 1. The molecule has 0 bridgehead atoms. The number of rotatable bonds is 6. The lowest BCUT2D eigenvalue weighted by molar-refractivity contribution is 0.0424. The Morgan fingerprint density at radius 1 is 1.27 bits per heavy atom. The van der Waals surface area contributed by atoms with Gasteiger partial charge in [-0.1, -0.05) is 12.2 Å². The molecule has 1 fully saturated rings. The predicted molar refractivity (Wildman–Crippen MR) is 92.0 cm³/mol. The molecule has 0 spiro atoms. The largest absolute Gasteiger partial charge is 0.444 e. The number of nitrogens with one attached hydrogen (secondary N) is 1. The van der Waals surface area contributed by atoms with E-state index in [4.69, 9.17) is 4.74 Å². The van der Waals surface area contributed by atoms with Crippen LogP contribution in [0, 0.1) is 0 Å². The van der Waals surface area contributed by atoms with Gasteiger partial charge in [0, 0.05) is 24.7 Å². The van der Waals surface area contributed by atoms with Crippen molar-refractivity contribution in [3.8, 4) is 0 Å². The topological polar surface area (TPSA) is 41.6 Å². The van der Waals surface area contributed by atoms with Crippen molar-refractivity contribution in [2.45, 2.75) is 70.6 Å². The summed E-state index contributed by atoms with van der Waals surface area (Å²) in [6.45, 7) is 17.4. The van der Waals surface area contributed by atoms with E-state index in [9.17, 15) is 4.79 Å². The monoisotopic (exact) mass is 308 g/mol. The Bertz CT molecular complexity index is 380. The lowest BCUT2D eigenvalue weighted by Gasteiger charge is -2.45. The maximum absolute atomic E-state index is 11.9. The van der Waals surface area contributed by atoms with Crippen molar-refractivity contribution in [1.82, 2.24) is 10.2 Å². The Hall–Kier alpha value is -1.29. The number of carbonyl (C=O) groups excluding carboxylic acids is 1. The summed E-state index contributed by atoms with van der Waals surface area (Å²) in [5.41, 5.74) is -0.299. The zero-order valence-electron chi connectivity index (χ0n) is 14.7. The highest BCUT2D eigenvalue weighted by molar-refractivity contribution is 5.68. The quantitative estimate of drug-likeness (QED) is 0.757. The molecule has 0 unspecified atom stereocenters. The van der Waals surface area contributed by atoms with Gasteiger partial charge < -0.3 is 10.1 Å². The average molecular weight is 308 g/mol. The summed E-state index contributed by atoms with van der Waals surface area (Å²) in [6.07, 6.45) is 7.63. The fourth-order valence-corrected chi connectivity index (χ4v) is 3.00. The zero-order valence-corrected chi connectivity index (χ0v) is 14.7. The Morgan fingerprint density at radius 3 is 2.18 bits per heavy atom. The van der Waals surface area contributed by atoms with Gasteiger partial charge in [-0.15, -0.1) is 13.2 Å². The van der Waals surface area contributed by atoms with Crippen LogP contribution in [-0.4, -0.2) is 41.3 Å². The van der Waals surface area contributed by atoms with Gasteiger partial charge in [-0.3, -0.25) is 4.90 Å². The van der Waals surface area contributed by atoms with Crippen LogP contribution >= 0.6 is 0 Å². The molecule has 1 N–H and O–H groups in total. The van der Waals surface area contributed by atoms with Gasteiger partial charge in [-0.25, -0.2) is 4.79 Å². The molecule has 1 saturated carbocycles. The van der Waals surface area contributed by atoms with Crippen molar-refractivity contribution in [2.24, 2.45) is 0 Å². The molecule has 0 radical (unpaired) electrons. The highest BCUT2D eigenvalue weighted by atomic mass is 16.6. The minimum atomic E-state index is -0.446. The molecule has 1 rings (SSSR count). The first-order valence-electron chi connectivity index (χ1n) is 8.16. The first-order valence-corrected chi connectivity index (χ1v) is 8.16. The molecule has 1 aliphatic carbocycles. The van der Waals surface area contributed by atoms with Gasteiger partial charge in [0.25, 0.3) is 0 Å². The SMILES string of the molecule is C=CCN(CC=C)C1(C)CCC(NC(=O)OC(C)(C)C)CC1. The second-order valence-electron chi connectivity index (χ2n) is 7.40. The van der Waals surface area contributed by atoms with Crippen LogP contribution < -0.4 is 5.32 Å². The van der Waals surface area contributed by atoms with Crippen molar-refractivity contribution >= 4 is 6.09 Å². The summed E-state index contributed by atoms with van der Waals surface area (Å²) in [5.74, 6) is 0. The molecule has 0 saturated heterocycles. The van der Waals surface area contributed by atoms with E-state index in [1.54, 1.807) is 0 Å². The van der Waals surface area contributed by atoms with Crippen LogP contribution in [0.25, 0.3) is 0 Å². The van der Waals surface area contributed by atoms with Gasteiger partial charge in [0.05, 0.1) is 0 Å². The number of alkyl carbamates (subject to hydrolysis) is 1. The standard InChI is InChI=1S/C18H32N2O2/c1-7-13-20(14-8-2)18(6)11-9-15(10-12-18)19-16(21)22-17(3,4)5/h7-8,15H,1-2,9-14H2,3-6H3,(H,19,21). The average Bonchev–Trinajstić information content (AvgIpc) is 2.39. The number of ether oxygens (including phenoxy) is 1. The normalized spacial score (nSPS) is 25.6. The first-order chi connectivity index (χ1) is 10.2. The van der Waals surface area contributed by atoms with E-state index in [1.165, 1.54) is 0 Å². The second-order valence-corrected chi connectivity index (χ2v) is 7.40. The number of hydrogen-bond donors (Lipinski definition) is 1. The molecule has 1 amide bonds. The molecular formula is C18H32N2O2. The second kappa shape index (κ2) is 7.82. The van der Waals surface area contributed by atoms with Gasteiger partial charge in [0.2, 0.25) is 0 Å². The fraction of sp³-hybridized carbons (Fsp3) is 0.722. The summed E-state index contributed by atoms with van der Waals surface area (Å²) in [5, 5.41) is 3.00. The molecule has 0 atom stereocenters. The van der Waals surface area contributed by atoms with Crippen LogP contribution in [0.15, 0.2) is 25.3 Å². The third-order valence-electron chi connectivity index (χ3n) is 4.25. The van der Waals surface area contributed by atoms with Gasteiger partial charge in [-0.2, -0.15) is 0 Å². The molecular weight excluding hydrogens is 276 g/mol. The summed E-state index contributed by atoms with van der Waals surface area (Å²) in [7, 11) is 0. The van der Waals surface area contributed by atoms with E-state index in [0.717, 1.165) is 38.8 Å². The molecule has 0 aliphatic heterocycles. The minimum absolute atomic E-state index is 0.147. The zero-order chi connectivity index (χ0) is 16.8. The van der Waals surface area contributed by atoms with Crippen LogP contribution in [0.4, 0.5) is 4.79 Å². The molecule has 0 aromatic rings. The van der Waals surface area contributed by atoms with Crippen LogP contribution in [0.2, 0.25) is 0 Å². The van der Waals surface area contributed by atoms with Crippen LogP contribution in [0.5, 0.6) is 0 Å². The van der Waals surface area contributed by atoms with E-state index in [0.29, 0.717) is 0 Å². The number of nitrogens with zero attached hydrogens (tertiary/aromatic N) is 1. The highest BCUT2D eigenvalue weighted by Gasteiger charge is 2.36. The maximum atomic E-state index is 11.9. The summed E-state index contributed by atoms with van der Waals surface area (Å²) >= 11 is 0. The molecule has 0 aromatic carbocycles. The van der Waals surface area contributed by atoms with E-state index < -0.39 is 5.60 Å². The van der Waals surface area contributed by atoms with E-state index in [-0.39, 0.29) is 17.7 Å². The van der Waals surface area contributed by atoms with Gasteiger partial charge >= 0.3 is 6.09 Å². The summed E-state index contributed by atoms with van der Waals surface area (Å²) in [4.78, 5) is 14.3. The maximum Gasteiger partial charge on any atom is 0.407 e. The Kier molecular flexibility index (Phi) is 6.66. The fourth-order valence-electron chi connectivity index (χ4n) is 3.00. The van der Waals surface area contributed by atoms with Gasteiger partial charge in [0.1, 0.15) is 5.60 Å². The van der Waals surface area contributed by atoms with Crippen molar-refractivity contribution < 1.29 is 9.53 Å². The molecule has 22 heavy (non-hydrogen) atoms. The third kappa shape index (κ3) is 5.84. The minimum Gasteiger partial charge on any atom is -0.444 e. The van der Waals surface area contributed by atoms with Gasteiger partial charge in [-0.05, 0) is 53.4 Å². The molecule has 0 aromatic heterocycles. The van der Waals surface area contributed by atoms with Crippen molar-refractivity contribution in [3.63, 3.8) is 0 Å². The Morgan fingerprint density at radius 2 is 1.77 bits per heavy atom. The Balaban J connectivity index is 2.52. The van der Waals surface area contributed by atoms with Gasteiger partial charge in [0.15, 0.2) is 0 Å². The summed E-state index contributed by atoms with van der Waals surface area (Å²) < 4.78 is 5.33. The molecule has 4 nitrogen and oxygen atoms in total. The molecule has 0 heterocycles. The van der Waals surface area contributed by atoms with Crippen molar-refractivity contribution in [2.75, 3.05) is 13.1 Å². The van der Waals surface area contributed by atoms with Crippen molar-refractivity contribution in [1.29, 1.82) is 0 Å². The predicted octanol–water partition coefficient (Wildman–Crippen LogP) is 3.89. The van der Waals surface area contributed by atoms with Crippen molar-refractivity contribution in [3.05, 3.63) is 25.3 Å². The molecule has 4 heteroatoms. The van der Waals surface area contributed by atoms with E-state index in [1.807, 2.05) is 32.9 Å². The third-order valence-corrected chi connectivity index (χ3v) is 4.25. The van der Waals surface area contributed by atoms with Crippen LogP contribution in [-0.2, 0) is 4.74 Å². The molecule has 126 valence electrons. The Labute approximate surface area is 135 Å². The lowest BCUT2D eigenvalue weighted by atomic mass is 9.79. The number of carbonyl (C=O) groups is 1.